The smallest absolute Gasteiger partial charge is 0.273 e. The van der Waals surface area contributed by atoms with E-state index in [0.717, 1.165) is 9.75 Å². The summed E-state index contributed by atoms with van der Waals surface area (Å²) >= 11 is 1.38. The van der Waals surface area contributed by atoms with Crippen molar-refractivity contribution in [3.8, 4) is 16.2 Å². The average Bonchev–Trinajstić information content (AvgIpc) is 3.19. The molecule has 6 nitrogen and oxygen atoms in total. The molecule has 0 spiro atoms. The summed E-state index contributed by atoms with van der Waals surface area (Å²) in [6, 6.07) is 13.0. The molecule has 2 amide bonds. The van der Waals surface area contributed by atoms with Crippen LogP contribution in [-0.2, 0) is 4.79 Å². The van der Waals surface area contributed by atoms with Gasteiger partial charge in [-0.25, -0.2) is 9.37 Å². The molecule has 0 aliphatic heterocycles. The molecule has 2 aromatic heterocycles. The number of halogens is 1. The lowest BCUT2D eigenvalue weighted by Gasteiger charge is -2.06. The van der Waals surface area contributed by atoms with Crippen molar-refractivity contribution in [3.63, 3.8) is 0 Å². The Morgan fingerprint density at radius 1 is 1.07 bits per heavy atom. The molecule has 0 aliphatic carbocycles. The van der Waals surface area contributed by atoms with E-state index >= 15 is 0 Å². The van der Waals surface area contributed by atoms with Crippen molar-refractivity contribution in [1.82, 2.24) is 15.6 Å². The van der Waals surface area contributed by atoms with Crippen LogP contribution in [0.15, 0.2) is 60.8 Å². The van der Waals surface area contributed by atoms with Crippen LogP contribution < -0.4 is 10.6 Å². The predicted molar refractivity (Wildman–Crippen MR) is 110 cm³/mol. The number of thiophene rings is 1. The Morgan fingerprint density at radius 2 is 1.86 bits per heavy atom. The van der Waals surface area contributed by atoms with Crippen LogP contribution in [0.2, 0.25) is 0 Å². The number of benzene rings is 1. The third-order valence-corrected chi connectivity index (χ3v) is 4.96. The quantitative estimate of drug-likeness (QED) is 0.411. The molecule has 8 heteroatoms. The van der Waals surface area contributed by atoms with E-state index in [0.29, 0.717) is 5.56 Å². The number of pyridine rings is 1. The number of aromatic hydroxyl groups is 1. The van der Waals surface area contributed by atoms with Crippen LogP contribution in [-0.4, -0.2) is 35.0 Å². The van der Waals surface area contributed by atoms with E-state index < -0.39 is 5.91 Å². The molecular formula is C21H18FN3O3S. The molecule has 0 bridgehead atoms. The Bertz CT molecular complexity index is 1050. The molecule has 148 valence electrons. The molecule has 2 heterocycles. The fourth-order valence-corrected chi connectivity index (χ4v) is 3.42. The first-order valence-corrected chi connectivity index (χ1v) is 9.59. The molecule has 0 aliphatic rings. The maximum absolute atomic E-state index is 13.8. The highest BCUT2D eigenvalue weighted by molar-refractivity contribution is 7.16. The van der Waals surface area contributed by atoms with E-state index in [-0.39, 0.29) is 36.3 Å². The van der Waals surface area contributed by atoms with Gasteiger partial charge < -0.3 is 15.7 Å². The van der Waals surface area contributed by atoms with Crippen LogP contribution >= 0.6 is 11.3 Å². The van der Waals surface area contributed by atoms with E-state index in [9.17, 15) is 19.1 Å². The normalized spacial score (nSPS) is 10.8. The monoisotopic (exact) mass is 411 g/mol. The van der Waals surface area contributed by atoms with Gasteiger partial charge in [-0.2, -0.15) is 0 Å². The first-order valence-electron chi connectivity index (χ1n) is 8.77. The highest BCUT2D eigenvalue weighted by Gasteiger charge is 2.11. The Kier molecular flexibility index (Phi) is 6.70. The summed E-state index contributed by atoms with van der Waals surface area (Å²) in [5, 5.41) is 14.8. The lowest BCUT2D eigenvalue weighted by atomic mass is 10.2. The minimum atomic E-state index is -0.521. The highest BCUT2D eigenvalue weighted by atomic mass is 32.1. The summed E-state index contributed by atoms with van der Waals surface area (Å²) in [5.41, 5.74) is 0.457. The second-order valence-corrected chi connectivity index (χ2v) is 7.05. The van der Waals surface area contributed by atoms with Crippen molar-refractivity contribution in [1.29, 1.82) is 0 Å². The number of hydrogen-bond donors (Lipinski definition) is 3. The first-order chi connectivity index (χ1) is 14.0. The lowest BCUT2D eigenvalue weighted by molar-refractivity contribution is -0.116. The van der Waals surface area contributed by atoms with E-state index in [1.807, 2.05) is 12.1 Å². The van der Waals surface area contributed by atoms with Crippen molar-refractivity contribution in [2.45, 2.75) is 0 Å². The zero-order valence-corrected chi connectivity index (χ0v) is 16.1. The van der Waals surface area contributed by atoms with Gasteiger partial charge in [0.05, 0.1) is 0 Å². The number of aromatic nitrogens is 1. The predicted octanol–water partition coefficient (Wildman–Crippen LogP) is 3.21. The van der Waals surface area contributed by atoms with Crippen molar-refractivity contribution in [2.24, 2.45) is 0 Å². The van der Waals surface area contributed by atoms with Crippen molar-refractivity contribution in [3.05, 3.63) is 77.2 Å². The summed E-state index contributed by atoms with van der Waals surface area (Å²) < 4.78 is 13.8. The van der Waals surface area contributed by atoms with E-state index in [4.69, 9.17) is 0 Å². The van der Waals surface area contributed by atoms with E-state index in [2.05, 4.69) is 15.6 Å². The van der Waals surface area contributed by atoms with E-state index in [1.165, 1.54) is 41.8 Å². The third-order valence-electron chi connectivity index (χ3n) is 3.88. The zero-order chi connectivity index (χ0) is 20.6. The second-order valence-electron chi connectivity index (χ2n) is 5.93. The van der Waals surface area contributed by atoms with Crippen LogP contribution in [0.25, 0.3) is 16.5 Å². The maximum Gasteiger partial charge on any atom is 0.273 e. The van der Waals surface area contributed by atoms with Crippen molar-refractivity contribution >= 4 is 29.2 Å². The Hall–Kier alpha value is -3.52. The fourth-order valence-electron chi connectivity index (χ4n) is 2.48. The van der Waals surface area contributed by atoms with Crippen molar-refractivity contribution < 1.29 is 19.1 Å². The van der Waals surface area contributed by atoms with Gasteiger partial charge in [-0.05, 0) is 36.4 Å². The summed E-state index contributed by atoms with van der Waals surface area (Å²) in [4.78, 5) is 29.2. The van der Waals surface area contributed by atoms with Crippen LogP contribution in [0.4, 0.5) is 4.39 Å². The highest BCUT2D eigenvalue weighted by Crippen LogP contribution is 2.30. The molecule has 0 fully saturated rings. The third kappa shape index (κ3) is 5.49. The fraction of sp³-hybridized carbons (Fsp3) is 0.0952. The zero-order valence-electron chi connectivity index (χ0n) is 15.3. The minimum absolute atomic E-state index is 0.0675. The van der Waals surface area contributed by atoms with Gasteiger partial charge in [-0.15, -0.1) is 11.3 Å². The molecule has 0 atom stereocenters. The number of nitrogens with one attached hydrogen (secondary N) is 2. The van der Waals surface area contributed by atoms with Crippen LogP contribution in [0, 0.1) is 5.82 Å². The van der Waals surface area contributed by atoms with Gasteiger partial charge in [0.15, 0.2) is 5.69 Å². The van der Waals surface area contributed by atoms with Crippen LogP contribution in [0.3, 0.4) is 0 Å². The topological polar surface area (TPSA) is 91.3 Å². The number of hydrogen-bond acceptors (Lipinski definition) is 5. The average molecular weight is 411 g/mol. The van der Waals surface area contributed by atoms with E-state index in [1.54, 1.807) is 24.3 Å². The van der Waals surface area contributed by atoms with Gasteiger partial charge in [-0.3, -0.25) is 9.59 Å². The summed E-state index contributed by atoms with van der Waals surface area (Å²) in [6.45, 7) is 0.401. The standard InChI is InChI=1S/C21H18FN3O3S/c22-16-5-2-1-4-15(16)18-9-7-14(29-18)8-10-19(27)23-12-13-25-21(28)20-17(26)6-3-11-24-20/h1-11,26H,12-13H2,(H,23,27)(H,25,28). The lowest BCUT2D eigenvalue weighted by Crippen LogP contribution is -2.34. The molecule has 0 unspecified atom stereocenters. The Balaban J connectivity index is 1.45. The first kappa shape index (κ1) is 20.2. The van der Waals surface area contributed by atoms with Crippen LogP contribution in [0.1, 0.15) is 15.4 Å². The molecule has 0 saturated heterocycles. The van der Waals surface area contributed by atoms with Gasteiger partial charge in [0, 0.05) is 40.7 Å². The molecule has 3 aromatic rings. The molecule has 0 saturated carbocycles. The molecular weight excluding hydrogens is 393 g/mol. The molecule has 3 rings (SSSR count). The summed E-state index contributed by atoms with van der Waals surface area (Å²) in [5.74, 6) is -1.33. The van der Waals surface area contributed by atoms with Crippen LogP contribution in [0.5, 0.6) is 5.75 Å². The van der Waals surface area contributed by atoms with Gasteiger partial charge >= 0.3 is 0 Å². The van der Waals surface area contributed by atoms with Crippen molar-refractivity contribution in [2.75, 3.05) is 13.1 Å². The molecule has 29 heavy (non-hydrogen) atoms. The van der Waals surface area contributed by atoms with Gasteiger partial charge in [0.1, 0.15) is 11.6 Å². The summed E-state index contributed by atoms with van der Waals surface area (Å²) in [7, 11) is 0. The molecule has 0 radical (unpaired) electrons. The molecule has 3 N–H and O–H groups in total. The minimum Gasteiger partial charge on any atom is -0.505 e. The van der Waals surface area contributed by atoms with Gasteiger partial charge in [0.2, 0.25) is 5.91 Å². The SMILES string of the molecule is O=C(C=Cc1ccc(-c2ccccc2F)s1)NCCNC(=O)c1ncccc1O. The number of carbonyl (C=O) groups is 2. The number of carbonyl (C=O) groups excluding carboxylic acids is 2. The number of nitrogens with zero attached hydrogens (tertiary/aromatic N) is 1. The Labute approximate surface area is 170 Å². The second kappa shape index (κ2) is 9.61. The molecule has 1 aromatic carbocycles. The summed E-state index contributed by atoms with van der Waals surface area (Å²) in [6.07, 6.45) is 4.43. The number of amides is 2. The Morgan fingerprint density at radius 3 is 2.66 bits per heavy atom. The largest absolute Gasteiger partial charge is 0.505 e. The van der Waals surface area contributed by atoms with Gasteiger partial charge in [-0.1, -0.05) is 18.2 Å². The maximum atomic E-state index is 13.8. The van der Waals surface area contributed by atoms with Gasteiger partial charge in [0.25, 0.3) is 5.91 Å². The number of rotatable bonds is 7.